The van der Waals surface area contributed by atoms with Crippen molar-refractivity contribution in [1.29, 1.82) is 0 Å². The fourth-order valence-corrected chi connectivity index (χ4v) is 6.29. The Morgan fingerprint density at radius 2 is 1.97 bits per heavy atom. The van der Waals surface area contributed by atoms with Gasteiger partial charge < -0.3 is 4.90 Å². The van der Waals surface area contributed by atoms with Gasteiger partial charge in [-0.2, -0.15) is 0 Å². The maximum Gasteiger partial charge on any atom is 0.124 e. The molecule has 0 aromatic carbocycles. The summed E-state index contributed by atoms with van der Waals surface area (Å²) in [6.45, 7) is 10.6. The molecule has 0 spiro atoms. The van der Waals surface area contributed by atoms with Crippen LogP contribution in [0.15, 0.2) is 45.2 Å². The summed E-state index contributed by atoms with van der Waals surface area (Å²) < 4.78 is 15.6. The van der Waals surface area contributed by atoms with E-state index in [1.165, 1.54) is 5.71 Å². The number of nitrogens with zero attached hydrogens (tertiary/aromatic N) is 4. The molecule has 1 aromatic heterocycles. The number of anilines is 1. The van der Waals surface area contributed by atoms with Crippen molar-refractivity contribution in [3.63, 3.8) is 0 Å². The van der Waals surface area contributed by atoms with E-state index in [0.717, 1.165) is 79.7 Å². The third-order valence-electron chi connectivity index (χ3n) is 8.58. The van der Waals surface area contributed by atoms with Crippen LogP contribution in [-0.4, -0.2) is 35.3 Å². The molecule has 6 heteroatoms. The Morgan fingerprint density at radius 3 is 2.56 bits per heavy atom. The molecule has 4 aliphatic rings. The molecule has 3 aliphatic carbocycles. The van der Waals surface area contributed by atoms with Crippen molar-refractivity contribution in [1.82, 2.24) is 4.98 Å². The molecule has 0 bridgehead atoms. The third kappa shape index (κ3) is 3.76. The number of allylic oxidation sites excluding steroid dienone is 1. The molecule has 0 unspecified atom stereocenters. The van der Waals surface area contributed by atoms with E-state index < -0.39 is 5.67 Å². The van der Waals surface area contributed by atoms with Gasteiger partial charge >= 0.3 is 0 Å². The minimum Gasteiger partial charge on any atom is -0.343 e. The number of rotatable bonds is 9. The lowest BCUT2D eigenvalue weighted by Crippen LogP contribution is -2.41. The first-order valence-electron chi connectivity index (χ1n) is 12.2. The highest BCUT2D eigenvalue weighted by Gasteiger charge is 2.87. The van der Waals surface area contributed by atoms with Gasteiger partial charge in [-0.3, -0.25) is 9.98 Å². The van der Waals surface area contributed by atoms with Gasteiger partial charge in [0.05, 0.1) is 23.8 Å². The van der Waals surface area contributed by atoms with Gasteiger partial charge in [0, 0.05) is 35.0 Å². The van der Waals surface area contributed by atoms with Gasteiger partial charge in [0.1, 0.15) is 11.5 Å². The molecule has 0 radical (unpaired) electrons. The molecule has 172 valence electrons. The van der Waals surface area contributed by atoms with Crippen LogP contribution in [0.5, 0.6) is 0 Å². The third-order valence-corrected chi connectivity index (χ3v) is 9.02. The number of aliphatic imine (C=N–C) groups is 2. The molecule has 5 rings (SSSR count). The smallest absolute Gasteiger partial charge is 0.124 e. The topological polar surface area (TPSA) is 40.9 Å². The Morgan fingerprint density at radius 1 is 1.25 bits per heavy atom. The van der Waals surface area contributed by atoms with E-state index in [1.807, 2.05) is 6.20 Å². The van der Waals surface area contributed by atoms with E-state index in [4.69, 9.17) is 4.99 Å². The maximum absolute atomic E-state index is 14.7. The van der Waals surface area contributed by atoms with E-state index in [9.17, 15) is 4.39 Å². The second-order valence-electron chi connectivity index (χ2n) is 10.5. The van der Waals surface area contributed by atoms with Crippen LogP contribution < -0.4 is 4.90 Å². The summed E-state index contributed by atoms with van der Waals surface area (Å²) in [5.41, 5.74) is 2.17. The zero-order valence-electron chi connectivity index (χ0n) is 19.3. The predicted octanol–water partition coefficient (Wildman–Crippen LogP) is 6.91. The highest BCUT2D eigenvalue weighted by molar-refractivity contribution is 9.10. The van der Waals surface area contributed by atoms with Gasteiger partial charge in [-0.05, 0) is 84.7 Å². The first kappa shape index (κ1) is 22.2. The van der Waals surface area contributed by atoms with Crippen LogP contribution in [-0.2, 0) is 0 Å². The van der Waals surface area contributed by atoms with E-state index >= 15 is 0 Å². The minimum absolute atomic E-state index is 0.202. The maximum atomic E-state index is 14.7. The fourth-order valence-electron chi connectivity index (χ4n) is 5.94. The normalized spacial score (nSPS) is 35.1. The summed E-state index contributed by atoms with van der Waals surface area (Å²) in [4.78, 5) is 16.2. The monoisotopic (exact) mass is 500 g/mol. The first-order chi connectivity index (χ1) is 15.3. The number of hydrogen-bond acceptors (Lipinski definition) is 4. The lowest BCUT2D eigenvalue weighted by molar-refractivity contribution is 0.170. The van der Waals surface area contributed by atoms with E-state index in [0.29, 0.717) is 18.8 Å². The standard InChI is InChI=1S/C26H34BrFN4/c1-4-6-23-30-14-22(31-23)19-7-9-24(5-2,10-8-19)17-32(21-11-20(27)12-29-13-21)18(3)25-15-26(25,28)16-25/h11-13,19H,3-10,14-17H2,1-2H3. The SMILES string of the molecule is C=C(N(CC1(CC)CCC(C2=NC(CCC)=NC2)CC1)c1cncc(Br)c1)C12CC1(F)C2. The molecule has 3 saturated carbocycles. The molecule has 3 fully saturated rings. The van der Waals surface area contributed by atoms with Crippen LogP contribution in [0, 0.1) is 16.7 Å². The summed E-state index contributed by atoms with van der Waals surface area (Å²) in [6, 6.07) is 2.09. The van der Waals surface area contributed by atoms with Crippen LogP contribution in [0.1, 0.15) is 71.6 Å². The van der Waals surface area contributed by atoms with Crippen LogP contribution >= 0.6 is 15.9 Å². The molecule has 1 aromatic rings. The molecule has 0 amide bonds. The van der Waals surface area contributed by atoms with Gasteiger partial charge in [0.15, 0.2) is 0 Å². The Labute approximate surface area is 199 Å². The highest BCUT2D eigenvalue weighted by Crippen LogP contribution is 2.84. The molecular weight excluding hydrogens is 467 g/mol. The Hall–Kier alpha value is -1.56. The van der Waals surface area contributed by atoms with Gasteiger partial charge in [0.25, 0.3) is 0 Å². The van der Waals surface area contributed by atoms with Crippen molar-refractivity contribution in [3.8, 4) is 0 Å². The van der Waals surface area contributed by atoms with Crippen LogP contribution in [0.2, 0.25) is 0 Å². The van der Waals surface area contributed by atoms with Crippen LogP contribution in [0.25, 0.3) is 0 Å². The number of fused-ring (bicyclic) bond motifs is 1. The van der Waals surface area contributed by atoms with Crippen LogP contribution in [0.4, 0.5) is 10.1 Å². The van der Waals surface area contributed by atoms with Gasteiger partial charge in [0.2, 0.25) is 0 Å². The van der Waals surface area contributed by atoms with Gasteiger partial charge in [-0.15, -0.1) is 0 Å². The number of pyridine rings is 1. The van der Waals surface area contributed by atoms with E-state index in [-0.39, 0.29) is 10.8 Å². The minimum atomic E-state index is -0.990. The zero-order valence-corrected chi connectivity index (χ0v) is 20.9. The molecule has 0 atom stereocenters. The zero-order chi connectivity index (χ0) is 22.6. The molecule has 0 saturated heterocycles. The molecule has 32 heavy (non-hydrogen) atoms. The molecule has 2 heterocycles. The second-order valence-corrected chi connectivity index (χ2v) is 11.4. The van der Waals surface area contributed by atoms with E-state index in [1.54, 1.807) is 6.20 Å². The van der Waals surface area contributed by atoms with Crippen LogP contribution in [0.3, 0.4) is 0 Å². The lowest BCUT2D eigenvalue weighted by atomic mass is 9.67. The van der Waals surface area contributed by atoms with Crippen molar-refractivity contribution in [2.75, 3.05) is 18.0 Å². The number of aromatic nitrogens is 1. The van der Waals surface area contributed by atoms with Crippen molar-refractivity contribution in [2.24, 2.45) is 26.7 Å². The van der Waals surface area contributed by atoms with Gasteiger partial charge in [-0.1, -0.05) is 20.4 Å². The van der Waals surface area contributed by atoms with Crippen molar-refractivity contribution < 1.29 is 4.39 Å². The number of halogens is 2. The molecule has 0 N–H and O–H groups in total. The summed E-state index contributed by atoms with van der Waals surface area (Å²) in [5, 5.41) is 0. The Balaban J connectivity index is 1.32. The quantitative estimate of drug-likeness (QED) is 0.369. The molecular formula is C26H34BrFN4. The average Bonchev–Trinajstić information content (AvgIpc) is 3.47. The number of amidine groups is 1. The predicted molar refractivity (Wildman–Crippen MR) is 133 cm³/mol. The molecule has 4 nitrogen and oxygen atoms in total. The van der Waals surface area contributed by atoms with Crippen molar-refractivity contribution in [3.05, 3.63) is 35.2 Å². The Bertz CT molecular complexity index is 970. The summed E-state index contributed by atoms with van der Waals surface area (Å²) >= 11 is 3.57. The second kappa shape index (κ2) is 8.03. The number of hydrogen-bond donors (Lipinski definition) is 0. The van der Waals surface area contributed by atoms with Gasteiger partial charge in [-0.25, -0.2) is 9.38 Å². The summed E-state index contributed by atoms with van der Waals surface area (Å²) in [6.07, 6.45) is 12.8. The van der Waals surface area contributed by atoms with E-state index in [2.05, 4.69) is 57.3 Å². The fraction of sp³-hybridized carbons (Fsp3) is 0.654. The first-order valence-corrected chi connectivity index (χ1v) is 13.0. The summed E-state index contributed by atoms with van der Waals surface area (Å²) in [5.74, 6) is 1.60. The average molecular weight is 501 g/mol. The van der Waals surface area contributed by atoms with Crippen molar-refractivity contribution in [2.45, 2.75) is 77.3 Å². The Kier molecular flexibility index (Phi) is 5.58. The number of alkyl halides is 1. The summed E-state index contributed by atoms with van der Waals surface area (Å²) in [7, 11) is 0. The molecule has 1 aliphatic heterocycles. The lowest BCUT2D eigenvalue weighted by Gasteiger charge is -2.44. The largest absolute Gasteiger partial charge is 0.343 e. The highest BCUT2D eigenvalue weighted by atomic mass is 79.9. The van der Waals surface area contributed by atoms with Crippen molar-refractivity contribution >= 4 is 33.2 Å².